The van der Waals surface area contributed by atoms with Gasteiger partial charge in [0.2, 0.25) is 5.91 Å². The van der Waals surface area contributed by atoms with Gasteiger partial charge in [-0.1, -0.05) is 0 Å². The van der Waals surface area contributed by atoms with E-state index >= 15 is 0 Å². The zero-order valence-corrected chi connectivity index (χ0v) is 5.88. The zero-order valence-electron chi connectivity index (χ0n) is 5.88. The van der Waals surface area contributed by atoms with Crippen LogP contribution in [-0.4, -0.2) is 25.0 Å². The Balaban J connectivity index is 3.72. The molecule has 4 heteroatoms. The molecule has 0 saturated heterocycles. The molecule has 0 fully saturated rings. The van der Waals surface area contributed by atoms with Crippen molar-refractivity contribution in [2.45, 2.75) is 13.0 Å². The summed E-state index contributed by atoms with van der Waals surface area (Å²) in [4.78, 5) is 20.7. The molecule has 0 heterocycles. The molecular weight excluding hydrogens is 134 g/mol. The maximum absolute atomic E-state index is 10.6. The first-order valence-electron chi connectivity index (χ1n) is 2.71. The average Bonchev–Trinajstić information content (AvgIpc) is 1.85. The first-order valence-corrected chi connectivity index (χ1v) is 2.71. The van der Waals surface area contributed by atoms with Crippen LogP contribution < -0.4 is 5.32 Å². The molecule has 0 bridgehead atoms. The van der Waals surface area contributed by atoms with E-state index in [1.165, 1.54) is 14.0 Å². The number of hydrogen-bond acceptors (Lipinski definition) is 3. The van der Waals surface area contributed by atoms with Crippen LogP contribution in [0.2, 0.25) is 0 Å². The van der Waals surface area contributed by atoms with E-state index in [4.69, 9.17) is 6.92 Å². The van der Waals surface area contributed by atoms with Crippen molar-refractivity contribution in [2.24, 2.45) is 0 Å². The van der Waals surface area contributed by atoms with Crippen LogP contribution >= 0.6 is 0 Å². The van der Waals surface area contributed by atoms with Crippen molar-refractivity contribution in [2.75, 3.05) is 7.11 Å². The van der Waals surface area contributed by atoms with Gasteiger partial charge in [0, 0.05) is 0 Å². The number of amides is 1. The molecule has 0 aliphatic rings. The number of nitrogens with one attached hydrogen (secondary N) is 1. The van der Waals surface area contributed by atoms with E-state index in [1.54, 1.807) is 0 Å². The number of ether oxygens (including phenoxy) is 1. The van der Waals surface area contributed by atoms with E-state index in [9.17, 15) is 9.59 Å². The van der Waals surface area contributed by atoms with Crippen LogP contribution in [0.25, 0.3) is 0 Å². The van der Waals surface area contributed by atoms with Gasteiger partial charge in [0.05, 0.1) is 14.0 Å². The molecule has 1 unspecified atom stereocenters. The molecule has 0 aromatic heterocycles. The molecule has 0 aromatic rings. The van der Waals surface area contributed by atoms with E-state index in [0.29, 0.717) is 0 Å². The van der Waals surface area contributed by atoms with Gasteiger partial charge in [-0.3, -0.25) is 4.79 Å². The first kappa shape index (κ1) is 8.94. The van der Waals surface area contributed by atoms with E-state index in [2.05, 4.69) is 10.1 Å². The van der Waals surface area contributed by atoms with Crippen molar-refractivity contribution in [3.63, 3.8) is 0 Å². The Morgan fingerprint density at radius 2 is 2.10 bits per heavy atom. The fourth-order valence-electron chi connectivity index (χ4n) is 0.449. The van der Waals surface area contributed by atoms with Gasteiger partial charge in [-0.15, -0.1) is 0 Å². The van der Waals surface area contributed by atoms with Crippen molar-refractivity contribution < 1.29 is 14.3 Å². The minimum atomic E-state index is -0.738. The quantitative estimate of drug-likeness (QED) is 0.524. The van der Waals surface area contributed by atoms with Crippen molar-refractivity contribution in [1.29, 1.82) is 0 Å². The lowest BCUT2D eigenvalue weighted by atomic mass is 10.3. The number of carbonyl (C=O) groups excluding carboxylic acids is 2. The van der Waals surface area contributed by atoms with Crippen LogP contribution in [0.15, 0.2) is 0 Å². The second-order valence-electron chi connectivity index (χ2n) is 1.75. The van der Waals surface area contributed by atoms with Gasteiger partial charge in [0.25, 0.3) is 0 Å². The summed E-state index contributed by atoms with van der Waals surface area (Å²) >= 11 is 0. The summed E-state index contributed by atoms with van der Waals surface area (Å²) in [5.74, 6) is -1.25. The zero-order chi connectivity index (χ0) is 8.15. The molecule has 2 radical (unpaired) electrons. The molecule has 1 amide bonds. The molecular formula is C6H9NO3. The van der Waals surface area contributed by atoms with Crippen LogP contribution in [0.1, 0.15) is 6.92 Å². The molecule has 0 saturated carbocycles. The highest BCUT2D eigenvalue weighted by molar-refractivity contribution is 5.86. The van der Waals surface area contributed by atoms with E-state index in [0.717, 1.165) is 0 Å². The Bertz CT molecular complexity index is 144. The molecule has 10 heavy (non-hydrogen) atoms. The molecule has 1 N–H and O–H groups in total. The Hall–Kier alpha value is -1.06. The summed E-state index contributed by atoms with van der Waals surface area (Å²) in [6, 6.07) is -0.678. The number of hydrogen-bond donors (Lipinski definition) is 1. The monoisotopic (exact) mass is 143 g/mol. The largest absolute Gasteiger partial charge is 0.467 e. The van der Waals surface area contributed by atoms with Gasteiger partial charge in [0.15, 0.2) is 0 Å². The summed E-state index contributed by atoms with van der Waals surface area (Å²) < 4.78 is 4.30. The van der Waals surface area contributed by atoms with Crippen LogP contribution in [0.3, 0.4) is 0 Å². The predicted molar refractivity (Wildman–Crippen MR) is 33.9 cm³/mol. The lowest BCUT2D eigenvalue weighted by molar-refractivity contribution is -0.144. The minimum absolute atomic E-state index is 0.515. The lowest BCUT2D eigenvalue weighted by Gasteiger charge is -2.08. The summed E-state index contributed by atoms with van der Waals surface area (Å²) in [5.41, 5.74) is 0. The van der Waals surface area contributed by atoms with E-state index in [1.807, 2.05) is 0 Å². The Labute approximate surface area is 59.6 Å². The molecule has 0 rings (SSSR count). The van der Waals surface area contributed by atoms with Crippen molar-refractivity contribution >= 4 is 11.9 Å². The molecule has 1 atom stereocenters. The smallest absolute Gasteiger partial charge is 0.328 e. The summed E-state index contributed by atoms with van der Waals surface area (Å²) in [7, 11) is 1.24. The van der Waals surface area contributed by atoms with Crippen LogP contribution in [0, 0.1) is 6.92 Å². The van der Waals surface area contributed by atoms with Crippen LogP contribution in [-0.2, 0) is 14.3 Å². The number of methoxy groups -OCH3 is 1. The van der Waals surface area contributed by atoms with Gasteiger partial charge in [0.1, 0.15) is 6.04 Å². The van der Waals surface area contributed by atoms with Crippen molar-refractivity contribution in [3.8, 4) is 0 Å². The normalized spacial score (nSPS) is 11.9. The van der Waals surface area contributed by atoms with Crippen molar-refractivity contribution in [1.82, 2.24) is 5.32 Å². The average molecular weight is 143 g/mol. The lowest BCUT2D eigenvalue weighted by Crippen LogP contribution is -2.37. The van der Waals surface area contributed by atoms with Crippen LogP contribution in [0.5, 0.6) is 0 Å². The van der Waals surface area contributed by atoms with Gasteiger partial charge < -0.3 is 10.1 Å². The maximum atomic E-state index is 10.6. The van der Waals surface area contributed by atoms with E-state index in [-0.39, 0.29) is 0 Å². The Kier molecular flexibility index (Phi) is 3.46. The second kappa shape index (κ2) is 3.87. The third-order valence-corrected chi connectivity index (χ3v) is 0.914. The number of carbonyl (C=O) groups is 2. The summed E-state index contributed by atoms with van der Waals surface area (Å²) in [6.45, 7) is 6.21. The molecule has 56 valence electrons. The van der Waals surface area contributed by atoms with Gasteiger partial charge >= 0.3 is 5.97 Å². The Morgan fingerprint density at radius 1 is 1.60 bits per heavy atom. The minimum Gasteiger partial charge on any atom is -0.467 e. The molecule has 0 spiro atoms. The maximum Gasteiger partial charge on any atom is 0.328 e. The highest BCUT2D eigenvalue weighted by Gasteiger charge is 2.12. The fraction of sp³-hybridized carbons (Fsp3) is 0.500. The van der Waals surface area contributed by atoms with Gasteiger partial charge in [-0.2, -0.15) is 0 Å². The molecule has 0 aromatic carbocycles. The van der Waals surface area contributed by atoms with Gasteiger partial charge in [-0.25, -0.2) is 4.79 Å². The standard InChI is InChI=1S/C6H9NO3/c1-4(6(9)10-3)7-5(2)8/h2,4H,1,3H3,(H,7,8). The number of rotatable bonds is 2. The Morgan fingerprint density at radius 3 is 2.40 bits per heavy atom. The predicted octanol–water partition coefficient (Wildman–Crippen LogP) is -0.625. The summed E-state index contributed by atoms with van der Waals surface area (Å²) in [6.07, 6.45) is 0. The highest BCUT2D eigenvalue weighted by Crippen LogP contribution is 1.83. The second-order valence-corrected chi connectivity index (χ2v) is 1.75. The third kappa shape index (κ3) is 3.06. The SMILES string of the molecule is [CH]C(=O)NC(C)C(=O)OC. The molecule has 4 nitrogen and oxygen atoms in total. The fourth-order valence-corrected chi connectivity index (χ4v) is 0.449. The van der Waals surface area contributed by atoms with E-state index < -0.39 is 17.9 Å². The molecule has 0 aliphatic heterocycles. The number of esters is 1. The highest BCUT2D eigenvalue weighted by atomic mass is 16.5. The summed E-state index contributed by atoms with van der Waals surface area (Å²) in [5, 5.41) is 2.16. The third-order valence-electron chi connectivity index (χ3n) is 0.914. The van der Waals surface area contributed by atoms with Crippen molar-refractivity contribution in [3.05, 3.63) is 6.92 Å². The molecule has 0 aliphatic carbocycles. The van der Waals surface area contributed by atoms with Gasteiger partial charge in [-0.05, 0) is 6.92 Å². The topological polar surface area (TPSA) is 55.4 Å². The first-order chi connectivity index (χ1) is 4.57. The van der Waals surface area contributed by atoms with Crippen LogP contribution in [0.4, 0.5) is 0 Å².